The molecule has 0 saturated carbocycles. The summed E-state index contributed by atoms with van der Waals surface area (Å²) >= 11 is 3.47. The van der Waals surface area contributed by atoms with Crippen LogP contribution in [0.5, 0.6) is 0 Å². The van der Waals surface area contributed by atoms with Crippen molar-refractivity contribution < 1.29 is 0 Å². The van der Waals surface area contributed by atoms with Crippen molar-refractivity contribution in [3.05, 3.63) is 41.2 Å². The van der Waals surface area contributed by atoms with Crippen LogP contribution in [0, 0.1) is 0 Å². The van der Waals surface area contributed by atoms with Crippen molar-refractivity contribution in [1.82, 2.24) is 15.0 Å². The number of piperidine rings is 1. The Balaban J connectivity index is 1.78. The minimum Gasteiger partial charge on any atom is -0.370 e. The molecule has 3 heterocycles. The second kappa shape index (κ2) is 5.10. The molecule has 3 rings (SSSR count). The summed E-state index contributed by atoms with van der Waals surface area (Å²) in [6, 6.07) is 2.12. The van der Waals surface area contributed by atoms with Gasteiger partial charge >= 0.3 is 0 Å². The zero-order chi connectivity index (χ0) is 12.4. The van der Waals surface area contributed by atoms with Crippen LogP contribution in [0.3, 0.4) is 0 Å². The molecule has 0 bridgehead atoms. The van der Waals surface area contributed by atoms with Crippen molar-refractivity contribution >= 4 is 21.6 Å². The summed E-state index contributed by atoms with van der Waals surface area (Å²) in [5.41, 5.74) is 1.18. The fourth-order valence-corrected chi connectivity index (χ4v) is 2.86. The van der Waals surface area contributed by atoms with Crippen molar-refractivity contribution in [3.63, 3.8) is 0 Å². The first-order valence-corrected chi connectivity index (χ1v) is 6.97. The number of nitrogens with zero attached hydrogens (tertiary/aromatic N) is 3. The number of rotatable bonds is 2. The molecule has 0 radical (unpaired) electrons. The molecule has 0 aliphatic carbocycles. The van der Waals surface area contributed by atoms with Crippen molar-refractivity contribution in [3.8, 4) is 0 Å². The number of halogens is 1. The van der Waals surface area contributed by atoms with E-state index < -0.39 is 0 Å². The van der Waals surface area contributed by atoms with Crippen LogP contribution in [0.2, 0.25) is 0 Å². The topological polar surface area (TPSA) is 44.8 Å². The third kappa shape index (κ3) is 2.41. The molecule has 1 atom stereocenters. The van der Waals surface area contributed by atoms with E-state index >= 15 is 0 Å². The van der Waals surface area contributed by atoms with Gasteiger partial charge in [0.2, 0.25) is 0 Å². The Morgan fingerprint density at radius 1 is 1.39 bits per heavy atom. The first kappa shape index (κ1) is 11.7. The Morgan fingerprint density at radius 3 is 3.11 bits per heavy atom. The Labute approximate surface area is 115 Å². The molecule has 1 aliphatic rings. The summed E-state index contributed by atoms with van der Waals surface area (Å²) in [5.74, 6) is 1.59. The Hall–Kier alpha value is -1.36. The van der Waals surface area contributed by atoms with Crippen molar-refractivity contribution in [1.29, 1.82) is 0 Å². The summed E-state index contributed by atoms with van der Waals surface area (Å²) < 4.78 is 1.03. The van der Waals surface area contributed by atoms with Crippen LogP contribution in [0.4, 0.5) is 5.69 Å². The van der Waals surface area contributed by atoms with E-state index in [0.29, 0.717) is 5.92 Å². The van der Waals surface area contributed by atoms with E-state index in [0.717, 1.165) is 23.4 Å². The largest absolute Gasteiger partial charge is 0.370 e. The molecule has 2 aromatic rings. The van der Waals surface area contributed by atoms with Crippen LogP contribution in [0.25, 0.3) is 0 Å². The zero-order valence-corrected chi connectivity index (χ0v) is 11.6. The van der Waals surface area contributed by atoms with E-state index in [1.54, 1.807) is 0 Å². The summed E-state index contributed by atoms with van der Waals surface area (Å²) in [4.78, 5) is 14.2. The normalized spacial score (nSPS) is 20.1. The average Bonchev–Trinajstić information content (AvgIpc) is 2.93. The molecule has 94 valence electrons. The molecule has 0 aromatic carbocycles. The lowest BCUT2D eigenvalue weighted by molar-refractivity contribution is 0.494. The molecule has 5 heteroatoms. The van der Waals surface area contributed by atoms with Gasteiger partial charge in [0.05, 0.1) is 11.9 Å². The number of pyridine rings is 1. The predicted octanol–water partition coefficient (Wildman–Crippen LogP) is 2.95. The van der Waals surface area contributed by atoms with Gasteiger partial charge in [-0.25, -0.2) is 4.98 Å². The van der Waals surface area contributed by atoms with Crippen LogP contribution in [0.1, 0.15) is 24.6 Å². The standard InChI is InChI=1S/C13H15BrN4/c14-11-6-12(8-15-7-11)18-5-1-2-10(9-18)13-16-3-4-17-13/h3-4,6-8,10H,1-2,5,9H2,(H,16,17)/t10-/m0/s1. The van der Waals surface area contributed by atoms with Crippen LogP contribution < -0.4 is 4.90 Å². The Bertz CT molecular complexity index is 511. The van der Waals surface area contributed by atoms with Gasteiger partial charge in [0, 0.05) is 42.1 Å². The molecule has 1 aliphatic heterocycles. The highest BCUT2D eigenvalue weighted by molar-refractivity contribution is 9.10. The monoisotopic (exact) mass is 306 g/mol. The molecule has 18 heavy (non-hydrogen) atoms. The van der Waals surface area contributed by atoms with E-state index in [1.807, 2.05) is 24.8 Å². The maximum Gasteiger partial charge on any atom is 0.110 e. The number of hydrogen-bond donors (Lipinski definition) is 1. The first-order chi connectivity index (χ1) is 8.83. The van der Waals surface area contributed by atoms with Gasteiger partial charge in [-0.15, -0.1) is 0 Å². The first-order valence-electron chi connectivity index (χ1n) is 6.18. The molecule has 2 aromatic heterocycles. The number of nitrogens with one attached hydrogen (secondary N) is 1. The van der Waals surface area contributed by atoms with Crippen LogP contribution in [0.15, 0.2) is 35.3 Å². The minimum absolute atomic E-state index is 0.493. The highest BCUT2D eigenvalue weighted by Gasteiger charge is 2.23. The van der Waals surface area contributed by atoms with Crippen LogP contribution >= 0.6 is 15.9 Å². The zero-order valence-electron chi connectivity index (χ0n) is 10.0. The van der Waals surface area contributed by atoms with E-state index in [9.17, 15) is 0 Å². The van der Waals surface area contributed by atoms with Gasteiger partial charge in [-0.3, -0.25) is 4.98 Å². The van der Waals surface area contributed by atoms with Gasteiger partial charge in [-0.05, 0) is 34.8 Å². The van der Waals surface area contributed by atoms with Crippen molar-refractivity contribution in [2.24, 2.45) is 0 Å². The van der Waals surface area contributed by atoms with E-state index in [-0.39, 0.29) is 0 Å². The quantitative estimate of drug-likeness (QED) is 0.928. The number of aromatic nitrogens is 3. The molecule has 0 amide bonds. The smallest absolute Gasteiger partial charge is 0.110 e. The summed E-state index contributed by atoms with van der Waals surface area (Å²) in [6.07, 6.45) is 9.86. The lowest BCUT2D eigenvalue weighted by Gasteiger charge is -2.33. The van der Waals surface area contributed by atoms with Gasteiger partial charge in [0.1, 0.15) is 5.82 Å². The van der Waals surface area contributed by atoms with Crippen LogP contribution in [-0.4, -0.2) is 28.0 Å². The average molecular weight is 307 g/mol. The van der Waals surface area contributed by atoms with E-state index in [2.05, 4.69) is 41.8 Å². The summed E-state index contributed by atoms with van der Waals surface area (Å²) in [5, 5.41) is 0. The molecule has 0 spiro atoms. The van der Waals surface area contributed by atoms with E-state index in [4.69, 9.17) is 0 Å². The number of hydrogen-bond acceptors (Lipinski definition) is 3. The lowest BCUT2D eigenvalue weighted by atomic mass is 9.97. The SMILES string of the molecule is Brc1cncc(N2CCC[C@H](c3ncc[nH]3)C2)c1. The summed E-state index contributed by atoms with van der Waals surface area (Å²) in [7, 11) is 0. The second-order valence-corrected chi connectivity index (χ2v) is 5.54. The van der Waals surface area contributed by atoms with Gasteiger partial charge in [0.25, 0.3) is 0 Å². The fraction of sp³-hybridized carbons (Fsp3) is 0.385. The molecule has 0 unspecified atom stereocenters. The second-order valence-electron chi connectivity index (χ2n) is 4.62. The van der Waals surface area contributed by atoms with Crippen LogP contribution in [-0.2, 0) is 0 Å². The minimum atomic E-state index is 0.493. The lowest BCUT2D eigenvalue weighted by Crippen LogP contribution is -2.34. The van der Waals surface area contributed by atoms with E-state index in [1.165, 1.54) is 18.5 Å². The van der Waals surface area contributed by atoms with Gasteiger partial charge < -0.3 is 9.88 Å². The maximum atomic E-state index is 4.38. The number of imidazole rings is 1. The van der Waals surface area contributed by atoms with Gasteiger partial charge in [-0.1, -0.05) is 0 Å². The fourth-order valence-electron chi connectivity index (χ4n) is 2.51. The van der Waals surface area contributed by atoms with Crippen molar-refractivity contribution in [2.45, 2.75) is 18.8 Å². The molecule has 4 nitrogen and oxygen atoms in total. The highest BCUT2D eigenvalue weighted by Crippen LogP contribution is 2.28. The van der Waals surface area contributed by atoms with Gasteiger partial charge in [-0.2, -0.15) is 0 Å². The molecule has 1 saturated heterocycles. The highest BCUT2D eigenvalue weighted by atomic mass is 79.9. The predicted molar refractivity (Wildman–Crippen MR) is 74.7 cm³/mol. The molecule has 1 N–H and O–H groups in total. The summed E-state index contributed by atoms with van der Waals surface area (Å²) in [6.45, 7) is 2.10. The Kier molecular flexibility index (Phi) is 3.32. The third-order valence-corrected chi connectivity index (χ3v) is 3.82. The number of H-pyrrole nitrogens is 1. The van der Waals surface area contributed by atoms with Crippen molar-refractivity contribution in [2.75, 3.05) is 18.0 Å². The number of anilines is 1. The maximum absolute atomic E-state index is 4.38. The van der Waals surface area contributed by atoms with Gasteiger partial charge in [0.15, 0.2) is 0 Å². The molecular formula is C13H15BrN4. The molecule has 1 fully saturated rings. The number of aromatic amines is 1. The third-order valence-electron chi connectivity index (χ3n) is 3.38. The molecular weight excluding hydrogens is 292 g/mol. The Morgan fingerprint density at radius 2 is 2.33 bits per heavy atom.